The number of aryl methyl sites for hydroxylation is 1. The van der Waals surface area contributed by atoms with Crippen molar-refractivity contribution in [3.05, 3.63) is 17.0 Å². The number of hydrogen-bond donors (Lipinski definition) is 2. The average molecular weight is 213 g/mol. The molecule has 0 saturated heterocycles. The van der Waals surface area contributed by atoms with Gasteiger partial charge in [-0.25, -0.2) is 0 Å². The van der Waals surface area contributed by atoms with Gasteiger partial charge in [-0.3, -0.25) is 0 Å². The lowest BCUT2D eigenvalue weighted by molar-refractivity contribution is 0.0544. The van der Waals surface area contributed by atoms with E-state index >= 15 is 0 Å². The molecule has 1 fully saturated rings. The number of aliphatic hydroxyl groups is 1. The highest BCUT2D eigenvalue weighted by Crippen LogP contribution is 2.28. The fraction of sp³-hybridized carbons (Fsp3) is 0.600. The molecule has 0 amide bonds. The van der Waals surface area contributed by atoms with Crippen molar-refractivity contribution in [2.24, 2.45) is 5.73 Å². The van der Waals surface area contributed by atoms with E-state index in [0.717, 1.165) is 17.9 Å². The first-order chi connectivity index (χ1) is 6.66. The third kappa shape index (κ3) is 1.92. The Balaban J connectivity index is 1.98. The van der Waals surface area contributed by atoms with Gasteiger partial charge in [0.2, 0.25) is 0 Å². The number of nitrogens with two attached hydrogens (primary N) is 1. The highest BCUT2D eigenvalue weighted by Gasteiger charge is 2.34. The number of thiophene rings is 1. The summed E-state index contributed by atoms with van der Waals surface area (Å²) in [6, 6.07) is 1.86. The van der Waals surface area contributed by atoms with E-state index in [-0.39, 0.29) is 12.1 Å². The molecule has 3 N–H and O–H groups in total. The Morgan fingerprint density at radius 1 is 1.57 bits per heavy atom. The largest absolute Gasteiger partial charge is 0.478 e. The molecule has 1 aromatic rings. The number of ether oxygens (including phenoxy) is 1. The molecule has 0 bridgehead atoms. The number of aliphatic hydroxyl groups excluding tert-OH is 1. The monoisotopic (exact) mass is 213 g/mol. The Morgan fingerprint density at radius 3 is 2.86 bits per heavy atom. The Labute approximate surface area is 87.5 Å². The van der Waals surface area contributed by atoms with Gasteiger partial charge in [0.1, 0.15) is 12.2 Å². The van der Waals surface area contributed by atoms with Crippen LogP contribution in [0.25, 0.3) is 0 Å². The van der Waals surface area contributed by atoms with Gasteiger partial charge >= 0.3 is 0 Å². The summed E-state index contributed by atoms with van der Waals surface area (Å²) < 4.78 is 5.67. The van der Waals surface area contributed by atoms with E-state index in [4.69, 9.17) is 10.5 Å². The van der Waals surface area contributed by atoms with Crippen LogP contribution in [0, 0.1) is 6.92 Å². The number of rotatable bonds is 2. The van der Waals surface area contributed by atoms with Gasteiger partial charge in [0.15, 0.2) is 5.06 Å². The fourth-order valence-electron chi connectivity index (χ4n) is 1.72. The lowest BCUT2D eigenvalue weighted by Gasteiger charge is -2.17. The molecule has 3 atom stereocenters. The smallest absolute Gasteiger partial charge is 0.174 e. The van der Waals surface area contributed by atoms with E-state index in [1.54, 1.807) is 11.3 Å². The Bertz CT molecular complexity index is 313. The quantitative estimate of drug-likeness (QED) is 0.778. The lowest BCUT2D eigenvalue weighted by Crippen LogP contribution is -2.37. The molecule has 2 rings (SSSR count). The normalized spacial score (nSPS) is 32.1. The molecule has 78 valence electrons. The van der Waals surface area contributed by atoms with Crippen molar-refractivity contribution in [1.29, 1.82) is 0 Å². The van der Waals surface area contributed by atoms with Crippen LogP contribution in [0.3, 0.4) is 0 Å². The molecule has 1 heterocycles. The SMILES string of the molecule is Cc1csc(OC2CCC(N)C2O)c1. The van der Waals surface area contributed by atoms with Crippen molar-refractivity contribution in [2.45, 2.75) is 38.0 Å². The van der Waals surface area contributed by atoms with Crippen molar-refractivity contribution in [3.63, 3.8) is 0 Å². The van der Waals surface area contributed by atoms with Crippen LogP contribution < -0.4 is 10.5 Å². The fourth-order valence-corrected chi connectivity index (χ4v) is 2.52. The summed E-state index contributed by atoms with van der Waals surface area (Å²) in [5.74, 6) is 0. The molecule has 1 aromatic heterocycles. The highest BCUT2D eigenvalue weighted by atomic mass is 32.1. The van der Waals surface area contributed by atoms with Gasteiger partial charge in [-0.15, -0.1) is 11.3 Å². The minimum atomic E-state index is -0.516. The first kappa shape index (κ1) is 9.96. The summed E-state index contributed by atoms with van der Waals surface area (Å²) in [5, 5.41) is 12.6. The van der Waals surface area contributed by atoms with Crippen LogP contribution >= 0.6 is 11.3 Å². The summed E-state index contributed by atoms with van der Waals surface area (Å²) >= 11 is 1.57. The zero-order valence-electron chi connectivity index (χ0n) is 8.14. The van der Waals surface area contributed by atoms with Crippen LogP contribution in [0.4, 0.5) is 0 Å². The van der Waals surface area contributed by atoms with E-state index in [1.165, 1.54) is 5.56 Å². The Hall–Kier alpha value is -0.580. The highest BCUT2D eigenvalue weighted by molar-refractivity contribution is 7.12. The van der Waals surface area contributed by atoms with Crippen LogP contribution in [0.15, 0.2) is 11.4 Å². The van der Waals surface area contributed by atoms with Gasteiger partial charge in [-0.05, 0) is 36.8 Å². The van der Waals surface area contributed by atoms with E-state index in [1.807, 2.05) is 18.4 Å². The van der Waals surface area contributed by atoms with Crippen LogP contribution in [0.5, 0.6) is 5.06 Å². The minimum absolute atomic E-state index is 0.122. The molecule has 1 aliphatic rings. The van der Waals surface area contributed by atoms with Crippen LogP contribution in [-0.4, -0.2) is 23.4 Å². The molecule has 0 aliphatic heterocycles. The van der Waals surface area contributed by atoms with Gasteiger partial charge in [0, 0.05) is 6.04 Å². The zero-order valence-corrected chi connectivity index (χ0v) is 8.96. The topological polar surface area (TPSA) is 55.5 Å². The first-order valence-corrected chi connectivity index (χ1v) is 5.70. The van der Waals surface area contributed by atoms with Crippen molar-refractivity contribution in [2.75, 3.05) is 0 Å². The van der Waals surface area contributed by atoms with Crippen LogP contribution in [0.2, 0.25) is 0 Å². The Morgan fingerprint density at radius 2 is 2.36 bits per heavy atom. The minimum Gasteiger partial charge on any atom is -0.478 e. The number of hydrogen-bond acceptors (Lipinski definition) is 4. The molecule has 0 spiro atoms. The van der Waals surface area contributed by atoms with Crippen LogP contribution in [0.1, 0.15) is 18.4 Å². The Kier molecular flexibility index (Phi) is 2.76. The third-order valence-electron chi connectivity index (χ3n) is 2.58. The molecular weight excluding hydrogens is 198 g/mol. The molecule has 1 aliphatic carbocycles. The van der Waals surface area contributed by atoms with Gasteiger partial charge < -0.3 is 15.6 Å². The van der Waals surface area contributed by atoms with Crippen molar-refractivity contribution in [3.8, 4) is 5.06 Å². The molecule has 4 heteroatoms. The summed E-state index contributed by atoms with van der Waals surface area (Å²) in [5.41, 5.74) is 6.90. The summed E-state index contributed by atoms with van der Waals surface area (Å²) in [6.07, 6.45) is 1.05. The second-order valence-electron chi connectivity index (χ2n) is 3.83. The van der Waals surface area contributed by atoms with E-state index in [2.05, 4.69) is 0 Å². The van der Waals surface area contributed by atoms with E-state index in [0.29, 0.717) is 0 Å². The molecule has 3 unspecified atom stereocenters. The van der Waals surface area contributed by atoms with Gasteiger partial charge in [0.25, 0.3) is 0 Å². The third-order valence-corrected chi connectivity index (χ3v) is 3.51. The average Bonchev–Trinajstić information content (AvgIpc) is 2.67. The summed E-state index contributed by atoms with van der Waals surface area (Å²) in [7, 11) is 0. The summed E-state index contributed by atoms with van der Waals surface area (Å²) in [4.78, 5) is 0. The molecule has 1 saturated carbocycles. The maximum Gasteiger partial charge on any atom is 0.174 e. The van der Waals surface area contributed by atoms with Gasteiger partial charge in [-0.1, -0.05) is 0 Å². The maximum absolute atomic E-state index is 9.68. The van der Waals surface area contributed by atoms with Crippen LogP contribution in [-0.2, 0) is 0 Å². The first-order valence-electron chi connectivity index (χ1n) is 4.82. The lowest BCUT2D eigenvalue weighted by atomic mass is 10.2. The zero-order chi connectivity index (χ0) is 10.1. The van der Waals surface area contributed by atoms with Gasteiger partial charge in [-0.2, -0.15) is 0 Å². The standard InChI is InChI=1S/C10H15NO2S/c1-6-4-9(14-5-6)13-8-3-2-7(11)10(8)12/h4-5,7-8,10,12H,2-3,11H2,1H3. The molecule has 3 nitrogen and oxygen atoms in total. The predicted molar refractivity (Wildman–Crippen MR) is 56.7 cm³/mol. The summed E-state index contributed by atoms with van der Waals surface area (Å²) in [6.45, 7) is 2.03. The molecular formula is C10H15NO2S. The molecule has 14 heavy (non-hydrogen) atoms. The van der Waals surface area contributed by atoms with Crippen molar-refractivity contribution >= 4 is 11.3 Å². The van der Waals surface area contributed by atoms with E-state index < -0.39 is 6.10 Å². The van der Waals surface area contributed by atoms with Crippen molar-refractivity contribution < 1.29 is 9.84 Å². The van der Waals surface area contributed by atoms with E-state index in [9.17, 15) is 5.11 Å². The second kappa shape index (κ2) is 3.88. The second-order valence-corrected chi connectivity index (χ2v) is 4.70. The maximum atomic E-state index is 9.68. The molecule has 0 radical (unpaired) electrons. The van der Waals surface area contributed by atoms with Gasteiger partial charge in [0.05, 0.1) is 0 Å². The molecule has 0 aromatic carbocycles. The van der Waals surface area contributed by atoms with Crippen molar-refractivity contribution in [1.82, 2.24) is 0 Å². The predicted octanol–water partition coefficient (Wildman–Crippen LogP) is 1.29.